The highest BCUT2D eigenvalue weighted by Gasteiger charge is 2.24. The van der Waals surface area contributed by atoms with Gasteiger partial charge in [0.25, 0.3) is 0 Å². The van der Waals surface area contributed by atoms with Gasteiger partial charge in [0.15, 0.2) is 0 Å². The average Bonchev–Trinajstić information content (AvgIpc) is 2.52. The van der Waals surface area contributed by atoms with Gasteiger partial charge in [0.2, 0.25) is 0 Å². The maximum absolute atomic E-state index is 2.60. The summed E-state index contributed by atoms with van der Waals surface area (Å²) in [6, 6.07) is 22.1. The minimum absolute atomic E-state index is 0. The van der Waals surface area contributed by atoms with Gasteiger partial charge >= 0.3 is 0 Å². The maximum atomic E-state index is 2.60. The third-order valence-electron chi connectivity index (χ3n) is 4.13. The van der Waals surface area contributed by atoms with E-state index in [0.717, 1.165) is 26.2 Å². The molecule has 21 heavy (non-hydrogen) atoms. The molecule has 0 N–H and O–H groups in total. The second-order valence-corrected chi connectivity index (χ2v) is 5.56. The lowest BCUT2D eigenvalue weighted by Gasteiger charge is -2.38. The molecule has 2 nitrogen and oxygen atoms in total. The van der Waals surface area contributed by atoms with Crippen molar-refractivity contribution in [2.24, 2.45) is 0 Å². The second-order valence-electron chi connectivity index (χ2n) is 5.56. The third kappa shape index (κ3) is 3.85. The molecule has 1 aliphatic rings. The van der Waals surface area contributed by atoms with Crippen LogP contribution in [0, 0.1) is 0 Å². The highest BCUT2D eigenvalue weighted by Crippen LogP contribution is 2.29. The summed E-state index contributed by atoms with van der Waals surface area (Å²) in [6.07, 6.45) is 0. The molecular weight excluding hydrogens is 280 g/mol. The number of nitrogens with zero attached hydrogens (tertiary/aromatic N) is 2. The van der Waals surface area contributed by atoms with Gasteiger partial charge in [-0.1, -0.05) is 60.7 Å². The fraction of sp³-hybridized carbons (Fsp3) is 0.333. The minimum atomic E-state index is 0. The SMILES string of the molecule is CN1CCN(C(c2ccccc2)c2ccccc2)CC1.Cl. The van der Waals surface area contributed by atoms with Crippen LogP contribution in [-0.2, 0) is 0 Å². The largest absolute Gasteiger partial charge is 0.304 e. The van der Waals surface area contributed by atoms with E-state index in [1.807, 2.05) is 0 Å². The van der Waals surface area contributed by atoms with Gasteiger partial charge in [-0.05, 0) is 18.2 Å². The maximum Gasteiger partial charge on any atom is 0.0602 e. The Balaban J connectivity index is 0.00000161. The van der Waals surface area contributed by atoms with Crippen molar-refractivity contribution in [3.05, 3.63) is 71.8 Å². The average molecular weight is 303 g/mol. The Labute approximate surface area is 133 Å². The Kier molecular flexibility index (Phi) is 5.80. The van der Waals surface area contributed by atoms with E-state index in [1.54, 1.807) is 0 Å². The van der Waals surface area contributed by atoms with Crippen molar-refractivity contribution in [3.63, 3.8) is 0 Å². The van der Waals surface area contributed by atoms with Gasteiger partial charge in [0.1, 0.15) is 0 Å². The van der Waals surface area contributed by atoms with Crippen LogP contribution >= 0.6 is 12.4 Å². The predicted molar refractivity (Wildman–Crippen MR) is 91.0 cm³/mol. The van der Waals surface area contributed by atoms with Crippen molar-refractivity contribution in [2.75, 3.05) is 33.2 Å². The van der Waals surface area contributed by atoms with Gasteiger partial charge in [-0.2, -0.15) is 0 Å². The van der Waals surface area contributed by atoms with Crippen molar-refractivity contribution in [1.82, 2.24) is 9.80 Å². The lowest BCUT2D eigenvalue weighted by atomic mass is 9.96. The van der Waals surface area contributed by atoms with E-state index < -0.39 is 0 Å². The third-order valence-corrected chi connectivity index (χ3v) is 4.13. The Morgan fingerprint density at radius 3 is 1.57 bits per heavy atom. The molecule has 0 unspecified atom stereocenters. The summed E-state index contributed by atoms with van der Waals surface area (Å²) in [5, 5.41) is 0. The van der Waals surface area contributed by atoms with Crippen molar-refractivity contribution >= 4 is 12.4 Å². The zero-order valence-corrected chi connectivity index (χ0v) is 13.3. The molecule has 2 aromatic rings. The Morgan fingerprint density at radius 2 is 1.14 bits per heavy atom. The molecule has 112 valence electrons. The summed E-state index contributed by atoms with van der Waals surface area (Å²) in [6.45, 7) is 4.56. The summed E-state index contributed by atoms with van der Waals surface area (Å²) >= 11 is 0. The van der Waals surface area contributed by atoms with E-state index in [2.05, 4.69) is 77.5 Å². The number of benzene rings is 2. The summed E-state index contributed by atoms with van der Waals surface area (Å²) in [4.78, 5) is 5.01. The van der Waals surface area contributed by atoms with E-state index in [1.165, 1.54) is 11.1 Å². The van der Waals surface area contributed by atoms with E-state index in [4.69, 9.17) is 0 Å². The molecule has 2 aromatic carbocycles. The van der Waals surface area contributed by atoms with Crippen LogP contribution in [0.1, 0.15) is 17.2 Å². The van der Waals surface area contributed by atoms with Crippen LogP contribution in [0.25, 0.3) is 0 Å². The molecule has 0 spiro atoms. The first-order valence-electron chi connectivity index (χ1n) is 7.37. The molecule has 0 amide bonds. The summed E-state index contributed by atoms with van der Waals surface area (Å²) in [7, 11) is 2.21. The molecule has 3 heteroatoms. The summed E-state index contributed by atoms with van der Waals surface area (Å²) < 4.78 is 0. The smallest absolute Gasteiger partial charge is 0.0602 e. The van der Waals surface area contributed by atoms with Crippen molar-refractivity contribution in [2.45, 2.75) is 6.04 Å². The lowest BCUT2D eigenvalue weighted by molar-refractivity contribution is 0.127. The van der Waals surface area contributed by atoms with Crippen LogP contribution in [0.5, 0.6) is 0 Å². The fourth-order valence-electron chi connectivity index (χ4n) is 2.96. The van der Waals surface area contributed by atoms with E-state index in [-0.39, 0.29) is 12.4 Å². The molecule has 0 aliphatic carbocycles. The topological polar surface area (TPSA) is 6.48 Å². The Hall–Kier alpha value is -1.35. The Bertz CT molecular complexity index is 482. The zero-order valence-electron chi connectivity index (χ0n) is 12.5. The first-order chi connectivity index (χ1) is 9.84. The van der Waals surface area contributed by atoms with Crippen LogP contribution in [0.3, 0.4) is 0 Å². The predicted octanol–water partition coefficient (Wildman–Crippen LogP) is 3.45. The van der Waals surface area contributed by atoms with Gasteiger partial charge in [0.05, 0.1) is 6.04 Å². The number of rotatable bonds is 3. The first-order valence-corrected chi connectivity index (χ1v) is 7.37. The first kappa shape index (κ1) is 16.0. The molecule has 0 atom stereocenters. The highest BCUT2D eigenvalue weighted by atomic mass is 35.5. The van der Waals surface area contributed by atoms with Crippen LogP contribution in [0.4, 0.5) is 0 Å². The molecule has 1 heterocycles. The number of hydrogen-bond donors (Lipinski definition) is 0. The van der Waals surface area contributed by atoms with E-state index in [0.29, 0.717) is 6.04 Å². The molecular formula is C18H23ClN2. The van der Waals surface area contributed by atoms with Crippen LogP contribution in [-0.4, -0.2) is 43.0 Å². The number of likely N-dealkylation sites (N-methyl/N-ethyl adjacent to an activating group) is 1. The quantitative estimate of drug-likeness (QED) is 0.857. The van der Waals surface area contributed by atoms with Crippen molar-refractivity contribution < 1.29 is 0 Å². The normalized spacial score (nSPS) is 16.7. The highest BCUT2D eigenvalue weighted by molar-refractivity contribution is 5.85. The van der Waals surface area contributed by atoms with Gasteiger partial charge in [0, 0.05) is 26.2 Å². The molecule has 1 saturated heterocycles. The van der Waals surface area contributed by atoms with Crippen molar-refractivity contribution in [3.8, 4) is 0 Å². The lowest BCUT2D eigenvalue weighted by Crippen LogP contribution is -2.46. The van der Waals surface area contributed by atoms with Crippen LogP contribution in [0.15, 0.2) is 60.7 Å². The van der Waals surface area contributed by atoms with Crippen LogP contribution in [0.2, 0.25) is 0 Å². The summed E-state index contributed by atoms with van der Waals surface area (Å²) in [5.41, 5.74) is 2.78. The van der Waals surface area contributed by atoms with Crippen molar-refractivity contribution in [1.29, 1.82) is 0 Å². The van der Waals surface area contributed by atoms with Gasteiger partial charge in [-0.15, -0.1) is 12.4 Å². The van der Waals surface area contributed by atoms with Gasteiger partial charge in [-0.25, -0.2) is 0 Å². The van der Waals surface area contributed by atoms with Gasteiger partial charge in [-0.3, -0.25) is 4.90 Å². The van der Waals surface area contributed by atoms with Crippen LogP contribution < -0.4 is 0 Å². The van der Waals surface area contributed by atoms with E-state index >= 15 is 0 Å². The van der Waals surface area contributed by atoms with E-state index in [9.17, 15) is 0 Å². The molecule has 0 aromatic heterocycles. The number of piperazine rings is 1. The summed E-state index contributed by atoms with van der Waals surface area (Å²) in [5.74, 6) is 0. The monoisotopic (exact) mass is 302 g/mol. The molecule has 1 aliphatic heterocycles. The molecule has 3 rings (SSSR count). The minimum Gasteiger partial charge on any atom is -0.304 e. The number of halogens is 1. The zero-order chi connectivity index (χ0) is 13.8. The Morgan fingerprint density at radius 1 is 0.714 bits per heavy atom. The standard InChI is InChI=1S/C18H22N2.ClH/c1-19-12-14-20(15-13-19)18(16-8-4-2-5-9-16)17-10-6-3-7-11-17;/h2-11,18H,12-15H2,1H3;1H. The molecule has 0 saturated carbocycles. The van der Waals surface area contributed by atoms with Gasteiger partial charge < -0.3 is 4.90 Å². The molecule has 0 bridgehead atoms. The fourth-order valence-corrected chi connectivity index (χ4v) is 2.96. The molecule has 1 fully saturated rings. The second kappa shape index (κ2) is 7.60. The molecule has 0 radical (unpaired) electrons. The number of hydrogen-bond acceptors (Lipinski definition) is 2.